The second-order valence-electron chi connectivity index (χ2n) is 4.53. The fourth-order valence-corrected chi connectivity index (χ4v) is 3.16. The number of hydrogen-bond acceptors (Lipinski definition) is 4. The van der Waals surface area contributed by atoms with E-state index in [0.717, 1.165) is 34.1 Å². The molecule has 6 heteroatoms. The molecule has 3 rings (SSSR count). The number of nitrogens with zero attached hydrogens (tertiary/aromatic N) is 3. The number of fused-ring (bicyclic) bond motifs is 1. The number of aryl methyl sites for hydroxylation is 2. The molecule has 0 fully saturated rings. The lowest BCUT2D eigenvalue weighted by Crippen LogP contribution is -1.99. The molecule has 20 heavy (non-hydrogen) atoms. The monoisotopic (exact) mass is 290 g/mol. The van der Waals surface area contributed by atoms with E-state index in [2.05, 4.69) is 26.2 Å². The van der Waals surface area contributed by atoms with Gasteiger partial charge in [0.1, 0.15) is 16.6 Å². The number of rotatable bonds is 3. The van der Waals surface area contributed by atoms with Crippen molar-refractivity contribution in [2.24, 2.45) is 0 Å². The Labute approximate surface area is 120 Å². The van der Waals surface area contributed by atoms with Crippen LogP contribution >= 0.6 is 11.5 Å². The Morgan fingerprint density at radius 2 is 2.20 bits per heavy atom. The molecule has 0 radical (unpaired) electrons. The summed E-state index contributed by atoms with van der Waals surface area (Å²) in [6.07, 6.45) is 0. The molecule has 2 heterocycles. The Balaban J connectivity index is 2.33. The maximum Gasteiger partial charge on any atom is 0.146 e. The molecule has 0 aliphatic carbocycles. The Morgan fingerprint density at radius 3 is 2.90 bits per heavy atom. The van der Waals surface area contributed by atoms with Crippen molar-refractivity contribution in [1.82, 2.24) is 13.9 Å². The molecule has 0 atom stereocenters. The minimum atomic E-state index is -0.265. The van der Waals surface area contributed by atoms with Crippen LogP contribution in [0.2, 0.25) is 0 Å². The molecule has 1 N–H and O–H groups in total. The van der Waals surface area contributed by atoms with Crippen LogP contribution in [-0.4, -0.2) is 21.0 Å². The summed E-state index contributed by atoms with van der Waals surface area (Å²) in [5, 5.41) is 4.13. The number of hydrogen-bond donors (Lipinski definition) is 1. The first-order valence-electron chi connectivity index (χ1n) is 6.46. The predicted octanol–water partition coefficient (Wildman–Crippen LogP) is 3.67. The molecular weight excluding hydrogens is 275 g/mol. The van der Waals surface area contributed by atoms with Gasteiger partial charge in [0, 0.05) is 19.7 Å². The standard InChI is InChI=1S/C14H15FN4S/c1-4-19-11-6-5-9(15)7-10(11)17-13(19)12-8(2)18-20-14(12)16-3/h5-7,16H,4H2,1-3H3. The van der Waals surface area contributed by atoms with Crippen LogP contribution in [0.5, 0.6) is 0 Å². The molecule has 0 saturated heterocycles. The lowest BCUT2D eigenvalue weighted by atomic mass is 10.2. The van der Waals surface area contributed by atoms with Crippen molar-refractivity contribution < 1.29 is 4.39 Å². The second kappa shape index (κ2) is 4.86. The van der Waals surface area contributed by atoms with Crippen LogP contribution in [0.25, 0.3) is 22.4 Å². The van der Waals surface area contributed by atoms with Crippen LogP contribution in [0.3, 0.4) is 0 Å². The molecule has 3 aromatic rings. The number of anilines is 1. The van der Waals surface area contributed by atoms with Gasteiger partial charge in [-0.1, -0.05) is 0 Å². The average Bonchev–Trinajstić information content (AvgIpc) is 2.97. The summed E-state index contributed by atoms with van der Waals surface area (Å²) in [7, 11) is 1.87. The zero-order chi connectivity index (χ0) is 14.3. The molecular formula is C14H15FN4S. The topological polar surface area (TPSA) is 42.7 Å². The van der Waals surface area contributed by atoms with Crippen LogP contribution in [-0.2, 0) is 6.54 Å². The first kappa shape index (κ1) is 13.1. The highest BCUT2D eigenvalue weighted by Gasteiger charge is 2.19. The van der Waals surface area contributed by atoms with Crippen molar-refractivity contribution in [3.8, 4) is 11.4 Å². The molecule has 0 amide bonds. The smallest absolute Gasteiger partial charge is 0.146 e. The van der Waals surface area contributed by atoms with Gasteiger partial charge in [0.2, 0.25) is 0 Å². The molecule has 4 nitrogen and oxygen atoms in total. The van der Waals surface area contributed by atoms with Crippen molar-refractivity contribution >= 4 is 27.6 Å². The van der Waals surface area contributed by atoms with E-state index in [9.17, 15) is 4.39 Å². The number of aromatic nitrogens is 3. The number of benzene rings is 1. The van der Waals surface area contributed by atoms with Crippen molar-refractivity contribution in [3.05, 3.63) is 29.7 Å². The highest BCUT2D eigenvalue weighted by molar-refractivity contribution is 7.10. The Bertz CT molecular complexity index is 775. The summed E-state index contributed by atoms with van der Waals surface area (Å²) in [5.74, 6) is 0.572. The minimum absolute atomic E-state index is 0.265. The minimum Gasteiger partial charge on any atom is -0.378 e. The van der Waals surface area contributed by atoms with Gasteiger partial charge < -0.3 is 9.88 Å². The number of imidazole rings is 1. The summed E-state index contributed by atoms with van der Waals surface area (Å²) in [6, 6.07) is 4.72. The van der Waals surface area contributed by atoms with E-state index in [4.69, 9.17) is 0 Å². The third kappa shape index (κ3) is 1.87. The summed E-state index contributed by atoms with van der Waals surface area (Å²) in [5.41, 5.74) is 3.55. The molecule has 1 aromatic carbocycles. The predicted molar refractivity (Wildman–Crippen MR) is 80.8 cm³/mol. The summed E-state index contributed by atoms with van der Waals surface area (Å²) in [4.78, 5) is 4.61. The van der Waals surface area contributed by atoms with E-state index in [1.54, 1.807) is 6.07 Å². The quantitative estimate of drug-likeness (QED) is 0.800. The van der Waals surface area contributed by atoms with Gasteiger partial charge in [-0.2, -0.15) is 4.37 Å². The first-order valence-corrected chi connectivity index (χ1v) is 7.23. The van der Waals surface area contributed by atoms with Gasteiger partial charge in [-0.15, -0.1) is 0 Å². The van der Waals surface area contributed by atoms with Gasteiger partial charge in [0.15, 0.2) is 0 Å². The lowest BCUT2D eigenvalue weighted by Gasteiger charge is -2.07. The van der Waals surface area contributed by atoms with E-state index in [1.807, 2.05) is 14.0 Å². The zero-order valence-electron chi connectivity index (χ0n) is 11.6. The first-order chi connectivity index (χ1) is 9.65. The van der Waals surface area contributed by atoms with Crippen LogP contribution in [0.15, 0.2) is 18.2 Å². The maximum absolute atomic E-state index is 13.4. The SMILES string of the molecule is CCn1c(-c2c(C)nsc2NC)nc2cc(F)ccc21. The fraction of sp³-hybridized carbons (Fsp3) is 0.286. The van der Waals surface area contributed by atoms with Crippen molar-refractivity contribution in [1.29, 1.82) is 0 Å². The summed E-state index contributed by atoms with van der Waals surface area (Å²) >= 11 is 1.41. The molecule has 0 unspecified atom stereocenters. The molecule has 0 aliphatic rings. The van der Waals surface area contributed by atoms with Crippen molar-refractivity contribution in [3.63, 3.8) is 0 Å². The summed E-state index contributed by atoms with van der Waals surface area (Å²) in [6.45, 7) is 4.80. The molecule has 0 bridgehead atoms. The third-order valence-electron chi connectivity index (χ3n) is 3.34. The Hall–Kier alpha value is -1.95. The lowest BCUT2D eigenvalue weighted by molar-refractivity contribution is 0.629. The van der Waals surface area contributed by atoms with Gasteiger partial charge in [-0.3, -0.25) is 0 Å². The van der Waals surface area contributed by atoms with Crippen LogP contribution in [0.1, 0.15) is 12.6 Å². The molecule has 0 aliphatic heterocycles. The van der Waals surface area contributed by atoms with Crippen molar-refractivity contribution in [2.45, 2.75) is 20.4 Å². The molecule has 0 spiro atoms. The Morgan fingerprint density at radius 1 is 1.40 bits per heavy atom. The number of nitrogens with one attached hydrogen (secondary N) is 1. The average molecular weight is 290 g/mol. The van der Waals surface area contributed by atoms with Crippen LogP contribution in [0, 0.1) is 12.7 Å². The van der Waals surface area contributed by atoms with Gasteiger partial charge in [0.25, 0.3) is 0 Å². The molecule has 0 saturated carbocycles. The van der Waals surface area contributed by atoms with Gasteiger partial charge in [0.05, 0.1) is 22.3 Å². The maximum atomic E-state index is 13.4. The largest absolute Gasteiger partial charge is 0.378 e. The molecule has 104 valence electrons. The number of halogens is 1. The van der Waals surface area contributed by atoms with E-state index in [1.165, 1.54) is 23.7 Å². The molecule has 2 aromatic heterocycles. The van der Waals surface area contributed by atoms with E-state index >= 15 is 0 Å². The Kier molecular flexibility index (Phi) is 3.17. The van der Waals surface area contributed by atoms with Gasteiger partial charge >= 0.3 is 0 Å². The third-order valence-corrected chi connectivity index (χ3v) is 4.30. The van der Waals surface area contributed by atoms with E-state index in [0.29, 0.717) is 5.52 Å². The summed E-state index contributed by atoms with van der Waals surface area (Å²) < 4.78 is 19.8. The normalized spacial score (nSPS) is 11.2. The highest BCUT2D eigenvalue weighted by atomic mass is 32.1. The van der Waals surface area contributed by atoms with Gasteiger partial charge in [-0.05, 0) is 37.5 Å². The van der Waals surface area contributed by atoms with Gasteiger partial charge in [-0.25, -0.2) is 9.37 Å². The second-order valence-corrected chi connectivity index (χ2v) is 5.31. The zero-order valence-corrected chi connectivity index (χ0v) is 12.4. The van der Waals surface area contributed by atoms with E-state index < -0.39 is 0 Å². The van der Waals surface area contributed by atoms with E-state index in [-0.39, 0.29) is 5.82 Å². The van der Waals surface area contributed by atoms with Crippen LogP contribution in [0.4, 0.5) is 9.39 Å². The van der Waals surface area contributed by atoms with Crippen molar-refractivity contribution in [2.75, 3.05) is 12.4 Å². The fourth-order valence-electron chi connectivity index (χ4n) is 2.42. The van der Waals surface area contributed by atoms with Crippen LogP contribution < -0.4 is 5.32 Å². The highest BCUT2D eigenvalue weighted by Crippen LogP contribution is 2.35.